The van der Waals surface area contributed by atoms with Crippen LogP contribution in [0.4, 0.5) is 0 Å². The van der Waals surface area contributed by atoms with Gasteiger partial charge in [0.15, 0.2) is 6.29 Å². The van der Waals surface area contributed by atoms with Crippen LogP contribution in [0.15, 0.2) is 41.6 Å². The van der Waals surface area contributed by atoms with Gasteiger partial charge in [0.1, 0.15) is 19.3 Å². The highest BCUT2D eigenvalue weighted by molar-refractivity contribution is 5.85. The van der Waals surface area contributed by atoms with E-state index in [4.69, 9.17) is 19.0 Å². The zero-order valence-electron chi connectivity index (χ0n) is 24.7. The second-order valence-electron chi connectivity index (χ2n) is 13.3. The smallest absolute Gasteiger partial charge is 0.302 e. The summed E-state index contributed by atoms with van der Waals surface area (Å²) in [6.07, 6.45) is 17.7. The predicted molar refractivity (Wildman–Crippen MR) is 153 cm³/mol. The van der Waals surface area contributed by atoms with E-state index in [9.17, 15) is 4.79 Å². The second kappa shape index (κ2) is 11.5. The van der Waals surface area contributed by atoms with E-state index >= 15 is 0 Å². The summed E-state index contributed by atoms with van der Waals surface area (Å²) < 4.78 is 17.9. The van der Waals surface area contributed by atoms with Crippen LogP contribution in [0.2, 0.25) is 0 Å². The van der Waals surface area contributed by atoms with E-state index in [1.165, 1.54) is 51.2 Å². The number of esters is 1. The van der Waals surface area contributed by atoms with Crippen LogP contribution in [-0.2, 0) is 23.8 Å². The third-order valence-electron chi connectivity index (χ3n) is 11.2. The first-order chi connectivity index (χ1) is 18.7. The number of carbonyl (C=O) groups is 1. The minimum Gasteiger partial charge on any atom is -0.463 e. The number of oxime groups is 1. The number of carbonyl (C=O) groups excluding carboxylic acids is 1. The molecule has 0 aromatic heterocycles. The molecule has 6 heteroatoms. The van der Waals surface area contributed by atoms with Gasteiger partial charge in [-0.1, -0.05) is 56.3 Å². The molecular weight excluding hydrogens is 490 g/mol. The number of nitrogens with zero attached hydrogens (tertiary/aromatic N) is 1. The Morgan fingerprint density at radius 1 is 1.15 bits per heavy atom. The summed E-state index contributed by atoms with van der Waals surface area (Å²) >= 11 is 0. The van der Waals surface area contributed by atoms with Gasteiger partial charge in [0.05, 0.1) is 11.8 Å². The van der Waals surface area contributed by atoms with E-state index in [2.05, 4.69) is 51.6 Å². The third kappa shape index (κ3) is 5.53. The van der Waals surface area contributed by atoms with Crippen molar-refractivity contribution >= 4 is 11.7 Å². The number of ether oxygens (including phenoxy) is 3. The maximum atomic E-state index is 11.3. The largest absolute Gasteiger partial charge is 0.463 e. The van der Waals surface area contributed by atoms with Crippen LogP contribution in [0.1, 0.15) is 86.0 Å². The molecule has 0 amide bonds. The molecule has 3 saturated carbocycles. The van der Waals surface area contributed by atoms with Crippen LogP contribution in [0.3, 0.4) is 0 Å². The number of fused-ring (bicyclic) bond motifs is 5. The van der Waals surface area contributed by atoms with Gasteiger partial charge in [-0.2, -0.15) is 0 Å². The van der Waals surface area contributed by atoms with Crippen molar-refractivity contribution in [2.24, 2.45) is 45.6 Å². The molecule has 0 saturated heterocycles. The Morgan fingerprint density at radius 2 is 1.97 bits per heavy atom. The Morgan fingerprint density at radius 3 is 2.74 bits per heavy atom. The molecule has 0 N–H and O–H groups in total. The maximum Gasteiger partial charge on any atom is 0.302 e. The number of allylic oxidation sites excluding steroid dienone is 1. The van der Waals surface area contributed by atoms with Crippen molar-refractivity contribution in [1.29, 1.82) is 0 Å². The van der Waals surface area contributed by atoms with Crippen LogP contribution >= 0.6 is 0 Å². The number of hydrogen-bond donors (Lipinski definition) is 0. The highest BCUT2D eigenvalue weighted by atomic mass is 16.7. The first kappa shape index (κ1) is 28.6. The average Bonchev–Trinajstić information content (AvgIpc) is 3.26. The van der Waals surface area contributed by atoms with E-state index < -0.39 is 0 Å². The van der Waals surface area contributed by atoms with E-state index in [1.807, 2.05) is 6.08 Å². The minimum atomic E-state index is -0.376. The maximum absolute atomic E-state index is 11.3. The molecule has 216 valence electrons. The lowest BCUT2D eigenvalue weighted by Crippen LogP contribution is -2.51. The molecule has 4 unspecified atom stereocenters. The van der Waals surface area contributed by atoms with E-state index in [0.717, 1.165) is 30.6 Å². The average molecular weight is 540 g/mol. The van der Waals surface area contributed by atoms with Crippen LogP contribution in [0.25, 0.3) is 0 Å². The Hall–Kier alpha value is -1.92. The molecule has 1 heterocycles. The fraction of sp³-hybridized carbons (Fsp3) is 0.758. The molecule has 3 fully saturated rings. The normalized spacial score (nSPS) is 43.5. The molecule has 0 bridgehead atoms. The first-order valence-corrected chi connectivity index (χ1v) is 15.2. The van der Waals surface area contributed by atoms with Gasteiger partial charge in [0.25, 0.3) is 0 Å². The fourth-order valence-electron chi connectivity index (χ4n) is 9.07. The lowest BCUT2D eigenvalue weighted by molar-refractivity contribution is -0.199. The van der Waals surface area contributed by atoms with Crippen LogP contribution < -0.4 is 0 Å². The Kier molecular flexibility index (Phi) is 8.45. The molecule has 0 aromatic carbocycles. The molecule has 0 aromatic rings. The highest BCUT2D eigenvalue weighted by Crippen LogP contribution is 2.66. The van der Waals surface area contributed by atoms with Crippen molar-refractivity contribution in [2.75, 3.05) is 13.2 Å². The SMILES string of the molecule is C=CCO/N=C(\C)[C@H]1CCC2C3CC=C4C[C@@H](OC5C=C[C@H](C)[C@@H](COC(C)=O)O5)CC[C@]4(C)C3CC[C@@]21C. The third-order valence-corrected chi connectivity index (χ3v) is 11.2. The Balaban J connectivity index is 1.23. The second-order valence-corrected chi connectivity index (χ2v) is 13.3. The zero-order chi connectivity index (χ0) is 27.8. The van der Waals surface area contributed by atoms with Gasteiger partial charge in [-0.15, -0.1) is 0 Å². The first-order valence-electron chi connectivity index (χ1n) is 15.2. The molecule has 5 aliphatic rings. The van der Waals surface area contributed by atoms with Crippen molar-refractivity contribution in [3.05, 3.63) is 36.5 Å². The van der Waals surface area contributed by atoms with Crippen molar-refractivity contribution in [3.63, 3.8) is 0 Å². The minimum absolute atomic E-state index is 0.164. The summed E-state index contributed by atoms with van der Waals surface area (Å²) in [7, 11) is 0. The zero-order valence-corrected chi connectivity index (χ0v) is 24.7. The van der Waals surface area contributed by atoms with Crippen molar-refractivity contribution < 1.29 is 23.8 Å². The van der Waals surface area contributed by atoms with Gasteiger partial charge in [0, 0.05) is 18.8 Å². The molecule has 4 aliphatic carbocycles. The van der Waals surface area contributed by atoms with Crippen molar-refractivity contribution in [1.82, 2.24) is 0 Å². The molecule has 0 spiro atoms. The Labute approximate surface area is 235 Å². The summed E-state index contributed by atoms with van der Waals surface area (Å²) in [5, 5.41) is 4.48. The lowest BCUT2D eigenvalue weighted by atomic mass is 9.47. The molecule has 10 atom stereocenters. The van der Waals surface area contributed by atoms with Gasteiger partial charge in [-0.05, 0) is 93.0 Å². The number of rotatable bonds is 8. The molecule has 39 heavy (non-hydrogen) atoms. The lowest BCUT2D eigenvalue weighted by Gasteiger charge is -2.58. The summed E-state index contributed by atoms with van der Waals surface area (Å²) in [6, 6.07) is 0. The molecule has 1 aliphatic heterocycles. The number of hydrogen-bond acceptors (Lipinski definition) is 6. The topological polar surface area (TPSA) is 66.3 Å². The fourth-order valence-corrected chi connectivity index (χ4v) is 9.07. The van der Waals surface area contributed by atoms with Crippen LogP contribution in [0, 0.1) is 40.4 Å². The summed E-state index contributed by atoms with van der Waals surface area (Å²) in [4.78, 5) is 16.8. The predicted octanol–water partition coefficient (Wildman–Crippen LogP) is 7.01. The molecule has 6 nitrogen and oxygen atoms in total. The summed E-state index contributed by atoms with van der Waals surface area (Å²) in [5.41, 5.74) is 3.37. The summed E-state index contributed by atoms with van der Waals surface area (Å²) in [6.45, 7) is 15.3. The van der Waals surface area contributed by atoms with E-state index in [0.29, 0.717) is 17.9 Å². The summed E-state index contributed by atoms with van der Waals surface area (Å²) in [5.74, 6) is 2.71. The van der Waals surface area contributed by atoms with Crippen LogP contribution in [-0.4, -0.2) is 43.4 Å². The van der Waals surface area contributed by atoms with Gasteiger partial charge < -0.3 is 19.0 Å². The van der Waals surface area contributed by atoms with E-state index in [-0.39, 0.29) is 42.4 Å². The van der Waals surface area contributed by atoms with Gasteiger partial charge in [-0.3, -0.25) is 4.79 Å². The Bertz CT molecular complexity index is 1020. The molecule has 0 radical (unpaired) electrons. The van der Waals surface area contributed by atoms with Gasteiger partial charge in [0.2, 0.25) is 0 Å². The van der Waals surface area contributed by atoms with E-state index in [1.54, 1.807) is 11.6 Å². The highest BCUT2D eigenvalue weighted by Gasteiger charge is 2.59. The standard InChI is InChI=1S/C33H49NO5/c1-7-18-37-34-22(3)27-11-12-28-26-10-9-24-19-25(14-16-32(24,5)29(26)15-17-33(27,28)6)38-31-13-8-21(2)30(39-31)20-36-23(4)35/h7-9,13,21,25-31H,1,10-12,14-20H2,2-6H3/b34-22+/t21-,25-,26?,27+,28?,29?,30+,31?,32-,33+/m0/s1. The molecule has 5 rings (SSSR count). The van der Waals surface area contributed by atoms with Crippen LogP contribution in [0.5, 0.6) is 0 Å². The monoisotopic (exact) mass is 539 g/mol. The quantitative estimate of drug-likeness (QED) is 0.109. The van der Waals surface area contributed by atoms with Gasteiger partial charge in [-0.25, -0.2) is 0 Å². The van der Waals surface area contributed by atoms with Crippen molar-refractivity contribution in [2.45, 2.75) is 104 Å². The molecular formula is C33H49NO5. The van der Waals surface area contributed by atoms with Gasteiger partial charge >= 0.3 is 5.97 Å². The van der Waals surface area contributed by atoms with Crippen molar-refractivity contribution in [3.8, 4) is 0 Å².